The standard InChI is InChI=1S/C21H23NO2.ClH/c1-4-5-16-10-14(2)19(15(3)11-16)20-17(23)12-21(13-18(20)24)6-8-22-9-7-21;/h6,8,10-11,20,22H,7,9,12-13H2,1-3H3;1H. The lowest BCUT2D eigenvalue weighted by Crippen LogP contribution is -2.41. The fourth-order valence-corrected chi connectivity index (χ4v) is 4.13. The number of carbonyl (C=O) groups is 2. The van der Waals surface area contributed by atoms with Crippen LogP contribution in [-0.4, -0.2) is 18.1 Å². The van der Waals surface area contributed by atoms with Crippen molar-refractivity contribution in [3.63, 3.8) is 0 Å². The molecule has 2 aliphatic rings. The molecule has 1 aliphatic heterocycles. The molecular formula is C21H24ClNO2. The molecule has 3 rings (SSSR count). The zero-order chi connectivity index (χ0) is 17.3. The summed E-state index contributed by atoms with van der Waals surface area (Å²) >= 11 is 0. The third-order valence-electron chi connectivity index (χ3n) is 5.17. The Morgan fingerprint density at radius 2 is 1.72 bits per heavy atom. The largest absolute Gasteiger partial charge is 0.391 e. The van der Waals surface area contributed by atoms with Gasteiger partial charge in [0.1, 0.15) is 17.5 Å². The van der Waals surface area contributed by atoms with E-state index in [9.17, 15) is 9.59 Å². The lowest BCUT2D eigenvalue weighted by atomic mass is 9.64. The van der Waals surface area contributed by atoms with Crippen molar-refractivity contribution in [3.05, 3.63) is 46.7 Å². The highest BCUT2D eigenvalue weighted by Crippen LogP contribution is 2.44. The van der Waals surface area contributed by atoms with Crippen molar-refractivity contribution < 1.29 is 9.59 Å². The van der Waals surface area contributed by atoms with Gasteiger partial charge in [0.05, 0.1) is 0 Å². The number of hydrogen-bond donors (Lipinski definition) is 1. The molecule has 1 N–H and O–H groups in total. The van der Waals surface area contributed by atoms with Gasteiger partial charge in [-0.3, -0.25) is 9.59 Å². The summed E-state index contributed by atoms with van der Waals surface area (Å²) < 4.78 is 0. The van der Waals surface area contributed by atoms with Crippen molar-refractivity contribution >= 4 is 24.0 Å². The van der Waals surface area contributed by atoms with E-state index in [4.69, 9.17) is 0 Å². The summed E-state index contributed by atoms with van der Waals surface area (Å²) in [5, 5.41) is 3.15. The van der Waals surface area contributed by atoms with Gasteiger partial charge in [-0.25, -0.2) is 0 Å². The maximum atomic E-state index is 12.9. The number of nitrogens with one attached hydrogen (secondary N) is 1. The number of ketones is 2. The highest BCUT2D eigenvalue weighted by Gasteiger charge is 2.45. The third-order valence-corrected chi connectivity index (χ3v) is 5.17. The summed E-state index contributed by atoms with van der Waals surface area (Å²) in [6.07, 6.45) is 5.66. The van der Waals surface area contributed by atoms with E-state index in [-0.39, 0.29) is 29.4 Å². The molecule has 0 unspecified atom stereocenters. The van der Waals surface area contributed by atoms with Crippen molar-refractivity contribution in [2.24, 2.45) is 5.41 Å². The molecule has 1 fully saturated rings. The predicted molar refractivity (Wildman–Crippen MR) is 102 cm³/mol. The predicted octanol–water partition coefficient (Wildman–Crippen LogP) is 3.61. The third kappa shape index (κ3) is 3.65. The van der Waals surface area contributed by atoms with Crippen molar-refractivity contribution in [3.8, 4) is 11.8 Å². The molecule has 25 heavy (non-hydrogen) atoms. The number of aryl methyl sites for hydroxylation is 2. The quantitative estimate of drug-likeness (QED) is 0.617. The maximum absolute atomic E-state index is 12.9. The van der Waals surface area contributed by atoms with Crippen LogP contribution in [0.3, 0.4) is 0 Å². The van der Waals surface area contributed by atoms with Gasteiger partial charge in [0.2, 0.25) is 0 Å². The molecule has 1 saturated carbocycles. The van der Waals surface area contributed by atoms with E-state index in [1.54, 1.807) is 6.92 Å². The lowest BCUT2D eigenvalue weighted by molar-refractivity contribution is -0.135. The summed E-state index contributed by atoms with van der Waals surface area (Å²) in [5.74, 6) is 5.45. The number of halogens is 1. The van der Waals surface area contributed by atoms with Crippen LogP contribution in [-0.2, 0) is 9.59 Å². The number of benzene rings is 1. The maximum Gasteiger partial charge on any atom is 0.148 e. The summed E-state index contributed by atoms with van der Waals surface area (Å²) in [5.41, 5.74) is 3.52. The summed E-state index contributed by atoms with van der Waals surface area (Å²) in [6.45, 7) is 6.57. The molecule has 1 aromatic carbocycles. The minimum absolute atomic E-state index is 0. The Kier molecular flexibility index (Phi) is 5.75. The molecule has 1 spiro atoms. The highest BCUT2D eigenvalue weighted by atomic mass is 35.5. The average molecular weight is 358 g/mol. The van der Waals surface area contributed by atoms with Gasteiger partial charge in [0.25, 0.3) is 0 Å². The van der Waals surface area contributed by atoms with Gasteiger partial charge in [0, 0.05) is 30.4 Å². The Bertz CT molecular complexity index is 757. The second-order valence-electron chi connectivity index (χ2n) is 7.02. The van der Waals surface area contributed by atoms with E-state index in [2.05, 4.69) is 17.2 Å². The second-order valence-corrected chi connectivity index (χ2v) is 7.02. The fourth-order valence-electron chi connectivity index (χ4n) is 4.13. The van der Waals surface area contributed by atoms with Crippen LogP contribution in [0.1, 0.15) is 54.4 Å². The molecule has 1 aliphatic carbocycles. The average Bonchev–Trinajstić information content (AvgIpc) is 2.50. The summed E-state index contributed by atoms with van der Waals surface area (Å²) in [6, 6.07) is 3.96. The lowest BCUT2D eigenvalue weighted by Gasteiger charge is -2.38. The summed E-state index contributed by atoms with van der Waals surface area (Å²) in [7, 11) is 0. The van der Waals surface area contributed by atoms with Crippen LogP contribution < -0.4 is 5.32 Å². The van der Waals surface area contributed by atoms with Gasteiger partial charge in [-0.2, -0.15) is 0 Å². The molecule has 0 aromatic heterocycles. The molecule has 1 aromatic rings. The minimum atomic E-state index is -0.609. The van der Waals surface area contributed by atoms with Crippen LogP contribution >= 0.6 is 12.4 Å². The first kappa shape index (κ1) is 19.3. The first-order valence-electron chi connectivity index (χ1n) is 8.46. The van der Waals surface area contributed by atoms with Crippen LogP contribution in [0.4, 0.5) is 0 Å². The molecule has 132 valence electrons. The van der Waals surface area contributed by atoms with E-state index in [1.807, 2.05) is 38.3 Å². The molecule has 0 amide bonds. The smallest absolute Gasteiger partial charge is 0.148 e. The Morgan fingerprint density at radius 1 is 1.12 bits per heavy atom. The van der Waals surface area contributed by atoms with Gasteiger partial charge in [-0.05, 0) is 62.2 Å². The van der Waals surface area contributed by atoms with E-state index in [0.29, 0.717) is 12.8 Å². The van der Waals surface area contributed by atoms with Crippen LogP contribution in [0.15, 0.2) is 24.4 Å². The van der Waals surface area contributed by atoms with E-state index in [0.717, 1.165) is 35.2 Å². The van der Waals surface area contributed by atoms with Gasteiger partial charge < -0.3 is 5.32 Å². The molecule has 0 atom stereocenters. The van der Waals surface area contributed by atoms with Crippen LogP contribution in [0, 0.1) is 31.1 Å². The number of rotatable bonds is 1. The van der Waals surface area contributed by atoms with Crippen LogP contribution in [0.2, 0.25) is 0 Å². The number of allylic oxidation sites excluding steroid dienone is 1. The van der Waals surface area contributed by atoms with Crippen LogP contribution in [0.5, 0.6) is 0 Å². The Labute approximate surface area is 155 Å². The van der Waals surface area contributed by atoms with Crippen molar-refractivity contribution in [2.75, 3.05) is 6.54 Å². The number of Topliss-reactive ketones (excluding diaryl/α,β-unsaturated/α-hetero) is 2. The number of hydrogen-bond acceptors (Lipinski definition) is 3. The van der Waals surface area contributed by atoms with Crippen molar-refractivity contribution in [1.82, 2.24) is 5.32 Å². The Morgan fingerprint density at radius 3 is 2.20 bits per heavy atom. The van der Waals surface area contributed by atoms with Crippen molar-refractivity contribution in [2.45, 2.75) is 46.0 Å². The molecular weight excluding hydrogens is 334 g/mol. The second kappa shape index (κ2) is 7.45. The molecule has 0 radical (unpaired) electrons. The Hall–Kier alpha value is -2.05. The molecule has 0 saturated heterocycles. The number of carbonyl (C=O) groups excluding carboxylic acids is 2. The van der Waals surface area contributed by atoms with Gasteiger partial charge in [-0.1, -0.05) is 12.0 Å². The monoisotopic (exact) mass is 357 g/mol. The van der Waals surface area contributed by atoms with Gasteiger partial charge in [-0.15, -0.1) is 18.3 Å². The zero-order valence-corrected chi connectivity index (χ0v) is 15.8. The van der Waals surface area contributed by atoms with Gasteiger partial charge >= 0.3 is 0 Å². The highest BCUT2D eigenvalue weighted by molar-refractivity contribution is 6.10. The first-order chi connectivity index (χ1) is 11.5. The van der Waals surface area contributed by atoms with E-state index < -0.39 is 5.92 Å². The normalized spacial score (nSPS) is 25.0. The molecule has 4 heteroatoms. The van der Waals surface area contributed by atoms with E-state index >= 15 is 0 Å². The summed E-state index contributed by atoms with van der Waals surface area (Å²) in [4.78, 5) is 25.8. The minimum Gasteiger partial charge on any atom is -0.391 e. The first-order valence-corrected chi connectivity index (χ1v) is 8.46. The van der Waals surface area contributed by atoms with Crippen molar-refractivity contribution in [1.29, 1.82) is 0 Å². The topological polar surface area (TPSA) is 46.2 Å². The van der Waals surface area contributed by atoms with E-state index in [1.165, 1.54) is 0 Å². The SMILES string of the molecule is CC#Cc1cc(C)c(C2C(=O)CC3(C=CNCC3)CC2=O)c(C)c1.Cl. The Balaban J connectivity index is 0.00000225. The van der Waals surface area contributed by atoms with Gasteiger partial charge in [0.15, 0.2) is 0 Å². The molecule has 3 nitrogen and oxygen atoms in total. The fraction of sp³-hybridized carbons (Fsp3) is 0.429. The van der Waals surface area contributed by atoms with Crippen LogP contribution in [0.25, 0.3) is 0 Å². The molecule has 0 bridgehead atoms. The zero-order valence-electron chi connectivity index (χ0n) is 14.9. The molecule has 1 heterocycles.